The smallest absolute Gasteiger partial charge is 0.327 e. The molecule has 0 aromatic heterocycles. The zero-order valence-electron chi connectivity index (χ0n) is 62.0. The Hall–Kier alpha value is -9.54. The van der Waals surface area contributed by atoms with Crippen molar-refractivity contribution in [1.82, 2.24) is 63.4 Å². The van der Waals surface area contributed by atoms with Crippen LogP contribution in [0, 0.1) is 23.7 Å². The number of rotatable bonds is 43. The number of carboxylic acid groups (broad SMARTS) is 2. The van der Waals surface area contributed by atoms with Crippen molar-refractivity contribution in [3.63, 3.8) is 0 Å². The molecule has 14 atom stereocenters. The first kappa shape index (κ1) is 89.9. The minimum atomic E-state index is -1.79. The topological polar surface area (TPSA) is 502 Å². The molecule has 0 radical (unpaired) electrons. The van der Waals surface area contributed by atoms with Gasteiger partial charge in [-0.25, -0.2) is 4.79 Å². The summed E-state index contributed by atoms with van der Waals surface area (Å²) in [5.74, 6) is -15.1. The molecule has 0 saturated carbocycles. The van der Waals surface area contributed by atoms with Crippen LogP contribution >= 0.6 is 25.3 Å². The molecule has 0 unspecified atom stereocenters. The Morgan fingerprint density at radius 3 is 1.27 bits per heavy atom. The van der Waals surface area contributed by atoms with E-state index in [1.807, 2.05) is 0 Å². The van der Waals surface area contributed by atoms with E-state index in [-0.39, 0.29) is 98.7 Å². The number of phenols is 2. The van der Waals surface area contributed by atoms with Crippen LogP contribution in [0.4, 0.5) is 0 Å². The molecule has 1 aliphatic rings. The van der Waals surface area contributed by atoms with Crippen LogP contribution in [0.2, 0.25) is 0 Å². The highest BCUT2D eigenvalue weighted by molar-refractivity contribution is 7.80. The summed E-state index contributed by atoms with van der Waals surface area (Å²) in [7, 11) is 0. The number of hydrogen-bond donors (Lipinski definition) is 19. The highest BCUT2D eigenvalue weighted by Gasteiger charge is 2.42. The first-order chi connectivity index (χ1) is 50.3. The van der Waals surface area contributed by atoms with Gasteiger partial charge in [0.05, 0.1) is 12.1 Å². The van der Waals surface area contributed by atoms with Crippen LogP contribution in [0.5, 0.6) is 11.5 Å². The number of carbonyl (C=O) groups excluding carboxylic acids is 12. The molecular weight excluding hydrogens is 1430 g/mol. The number of aliphatic hydroxyl groups is 1. The molecule has 34 heteroatoms. The molecule has 4 rings (SSSR count). The van der Waals surface area contributed by atoms with E-state index in [9.17, 15) is 92.7 Å². The van der Waals surface area contributed by atoms with Gasteiger partial charge in [0.15, 0.2) is 0 Å². The Morgan fingerprint density at radius 2 is 0.841 bits per heavy atom. The maximum Gasteiger partial charge on any atom is 0.327 e. The molecule has 3 aromatic rings. The summed E-state index contributed by atoms with van der Waals surface area (Å²) in [6, 6.07) is 1.67. The molecule has 1 saturated heterocycles. The fourth-order valence-corrected chi connectivity index (χ4v) is 12.0. The quantitative estimate of drug-likeness (QED) is 0.0326. The molecule has 12 amide bonds. The number of benzene rings is 3. The molecule has 107 heavy (non-hydrogen) atoms. The monoisotopic (exact) mass is 1530 g/mol. The van der Waals surface area contributed by atoms with Crippen molar-refractivity contribution in [1.29, 1.82) is 0 Å². The summed E-state index contributed by atoms with van der Waals surface area (Å²) in [5.41, 5.74) is 7.27. The fourth-order valence-electron chi connectivity index (χ4n) is 11.6. The first-order valence-electron chi connectivity index (χ1n) is 35.7. The van der Waals surface area contributed by atoms with E-state index >= 15 is 0 Å². The molecule has 32 nitrogen and oxygen atoms in total. The van der Waals surface area contributed by atoms with Gasteiger partial charge in [-0.15, -0.1) is 0 Å². The van der Waals surface area contributed by atoms with Crippen LogP contribution in [0.25, 0.3) is 0 Å². The normalized spacial score (nSPS) is 16.4. The predicted molar refractivity (Wildman–Crippen MR) is 400 cm³/mol. The van der Waals surface area contributed by atoms with Gasteiger partial charge in [-0.1, -0.05) is 110 Å². The Morgan fingerprint density at radius 1 is 0.449 bits per heavy atom. The third-order valence-electron chi connectivity index (χ3n) is 17.4. The average molecular weight is 1530 g/mol. The lowest BCUT2D eigenvalue weighted by Crippen LogP contribution is -2.62. The number of hydrogen-bond acceptors (Lipinski definition) is 20. The highest BCUT2D eigenvalue weighted by atomic mass is 32.1. The first-order valence-corrected chi connectivity index (χ1v) is 36.9. The number of thiol groups is 2. The number of nitrogens with one attached hydrogen (secondary N) is 11. The van der Waals surface area contributed by atoms with Crippen molar-refractivity contribution in [2.24, 2.45) is 29.4 Å². The van der Waals surface area contributed by atoms with Gasteiger partial charge >= 0.3 is 11.9 Å². The minimum absolute atomic E-state index is 0.00468. The second-order valence-corrected chi connectivity index (χ2v) is 29.2. The van der Waals surface area contributed by atoms with E-state index in [0.29, 0.717) is 23.1 Å². The zero-order valence-corrected chi connectivity index (χ0v) is 63.7. The number of nitrogens with two attached hydrogens (primary N) is 1. The van der Waals surface area contributed by atoms with Gasteiger partial charge in [-0.2, -0.15) is 25.3 Å². The van der Waals surface area contributed by atoms with Gasteiger partial charge in [-0.05, 0) is 117 Å². The van der Waals surface area contributed by atoms with Gasteiger partial charge in [0.1, 0.15) is 84.0 Å². The molecule has 0 bridgehead atoms. The van der Waals surface area contributed by atoms with E-state index in [0.717, 1.165) is 0 Å². The van der Waals surface area contributed by atoms with Crippen LogP contribution in [-0.4, -0.2) is 216 Å². The summed E-state index contributed by atoms with van der Waals surface area (Å²) >= 11 is 8.04. The maximum atomic E-state index is 14.9. The van der Waals surface area contributed by atoms with Gasteiger partial charge in [0, 0.05) is 43.7 Å². The van der Waals surface area contributed by atoms with Crippen LogP contribution in [0.1, 0.15) is 131 Å². The van der Waals surface area contributed by atoms with Crippen molar-refractivity contribution < 1.29 is 92.7 Å². The number of aliphatic carboxylic acids is 2. The fraction of sp³-hybridized carbons (Fsp3) is 0.562. The summed E-state index contributed by atoms with van der Waals surface area (Å²) < 4.78 is 0. The number of likely N-dealkylation sites (tertiary alicyclic amines) is 1. The lowest BCUT2D eigenvalue weighted by Gasteiger charge is -2.31. The average Bonchev–Trinajstić information content (AvgIpc) is 1.73. The van der Waals surface area contributed by atoms with Crippen LogP contribution < -0.4 is 64.2 Å². The van der Waals surface area contributed by atoms with Crippen molar-refractivity contribution >= 4 is 108 Å². The number of amides is 12. The Labute approximate surface area is 633 Å². The van der Waals surface area contributed by atoms with E-state index in [4.69, 9.17) is 5.73 Å². The molecule has 3 aromatic carbocycles. The zero-order chi connectivity index (χ0) is 80.1. The molecule has 1 heterocycles. The second kappa shape index (κ2) is 43.9. The van der Waals surface area contributed by atoms with Crippen LogP contribution in [0.15, 0.2) is 78.9 Å². The standard InChI is InChI=1S/C73H107N13O19S2/c1-37(2)29-50(78-66(97)53(32-43-15-12-11-13-16-43)81-71(102)60(42(10)87)85-68(99)52(31-39(5)6)79-65(96)51(30-38(3)4)77-63(94)49(26-27-58(90)91)76-62(93)48(74)35-106)64(95)75-41(9)61(92)82-55(34-45-20-24-47(89)25-21-45)72(103)86-28-14-17-57(86)69(100)84-59(40(7)8)70(101)80-54(33-44-18-22-46(88)23-19-44)67(98)83-56(36-107)73(104)105/h11-13,15-16,18-25,37-42,48-57,59-60,87-89,106-107H,14,17,26-36,74H2,1-10H3,(H,75,95)(H,76,93)(H,77,94)(H,78,97)(H,79,96)(H,80,101)(H,81,102)(H,82,92)(H,83,98)(H,84,100)(H,85,99)(H,90,91)(H,104,105)/t41-,42+,48-,49-,50-,51-,52-,53-,54-,55-,56-,57-,59-,60-/m0/s1. The molecule has 1 aliphatic heterocycles. The molecule has 0 aliphatic carbocycles. The number of nitrogens with zero attached hydrogens (tertiary/aromatic N) is 1. The number of aliphatic hydroxyl groups excluding tert-OH is 1. The minimum Gasteiger partial charge on any atom is -0.508 e. The largest absolute Gasteiger partial charge is 0.508 e. The number of carboxylic acids is 2. The van der Waals surface area contributed by atoms with Gasteiger partial charge in [-0.3, -0.25) is 62.3 Å². The summed E-state index contributed by atoms with van der Waals surface area (Å²) in [5, 5.41) is 78.7. The third-order valence-corrected chi connectivity index (χ3v) is 18.2. The third kappa shape index (κ3) is 30.0. The lowest BCUT2D eigenvalue weighted by molar-refractivity contribution is -0.143. The van der Waals surface area contributed by atoms with E-state index in [1.165, 1.54) is 67.3 Å². The van der Waals surface area contributed by atoms with E-state index in [2.05, 4.69) is 83.7 Å². The lowest BCUT2D eigenvalue weighted by atomic mass is 9.99. The molecule has 18 N–H and O–H groups in total. The van der Waals surface area contributed by atoms with Gasteiger partial charge in [0.25, 0.3) is 0 Å². The molecular formula is C73H107N13O19S2. The summed E-state index contributed by atoms with van der Waals surface area (Å²) in [6.07, 6.45) is -2.74. The molecule has 0 spiro atoms. The molecule has 590 valence electrons. The predicted octanol–water partition coefficient (Wildman–Crippen LogP) is -0.219. The number of phenolic OH excluding ortho intramolecular Hbond substituents is 2. The van der Waals surface area contributed by atoms with Crippen molar-refractivity contribution in [3.8, 4) is 11.5 Å². The second-order valence-electron chi connectivity index (χ2n) is 28.4. The SMILES string of the molecule is CC(C)C[C@H](NC(=O)[C@H](Cc1ccccc1)NC(=O)[C@@H](NC(=O)[C@H](CC(C)C)NC(=O)[C@H](CC(C)C)NC(=O)[C@H](CCC(=O)O)NC(=O)[C@@H](N)CS)[C@@H](C)O)C(=O)N[C@@H](C)C(=O)N[C@@H](Cc1ccc(O)cc1)C(=O)N1CCC[C@H]1C(=O)N[C@H](C(=O)N[C@@H](Cc1ccc(O)cc1)C(=O)N[C@@H](CS)C(=O)O)C(C)C. The molecule has 1 fully saturated rings. The van der Waals surface area contributed by atoms with Crippen molar-refractivity contribution in [2.75, 3.05) is 18.1 Å². The summed E-state index contributed by atoms with van der Waals surface area (Å²) in [6.45, 7) is 16.3. The van der Waals surface area contributed by atoms with Crippen molar-refractivity contribution in [2.45, 2.75) is 218 Å². The highest BCUT2D eigenvalue weighted by Crippen LogP contribution is 2.23. The number of carbonyl (C=O) groups is 14. The number of aromatic hydroxyl groups is 2. The Bertz CT molecular complexity index is 3540. The Balaban J connectivity index is 1.57. The van der Waals surface area contributed by atoms with Gasteiger partial charge < -0.3 is 94.7 Å². The van der Waals surface area contributed by atoms with Gasteiger partial charge in [0.2, 0.25) is 70.9 Å². The maximum absolute atomic E-state index is 14.9. The van der Waals surface area contributed by atoms with E-state index < -0.39 is 180 Å². The van der Waals surface area contributed by atoms with Crippen molar-refractivity contribution in [3.05, 3.63) is 95.6 Å². The van der Waals surface area contributed by atoms with Crippen LogP contribution in [-0.2, 0) is 86.4 Å². The summed E-state index contributed by atoms with van der Waals surface area (Å²) in [4.78, 5) is 195. The van der Waals surface area contributed by atoms with Crippen LogP contribution in [0.3, 0.4) is 0 Å². The van der Waals surface area contributed by atoms with E-state index in [1.54, 1.807) is 85.7 Å². The Kier molecular flexibility index (Phi) is 36.9.